The van der Waals surface area contributed by atoms with E-state index in [1.165, 1.54) is 0 Å². The van der Waals surface area contributed by atoms with Crippen LogP contribution in [0.5, 0.6) is 23.0 Å². The maximum atomic E-state index is 10.9. The van der Waals surface area contributed by atoms with E-state index >= 15 is 0 Å². The predicted molar refractivity (Wildman–Crippen MR) is 138 cm³/mol. The monoisotopic (exact) mass is 654 g/mol. The minimum atomic E-state index is -4.90. The Morgan fingerprint density at radius 2 is 0.548 bits per heavy atom. The SMILES string of the molecule is O=S(=O)([O-])c1cc(O)c2c(O)cc(S(=O)(=O)[O-])cc2c1.O=S(=O)([O-])c1cc(O)c2c(O)cc(S(=O)(=O)[O-])cc2c1.[Be+2].[Be+2]. The molecule has 4 N–H and O–H groups in total. The van der Waals surface area contributed by atoms with Crippen LogP contribution >= 0.6 is 0 Å². The van der Waals surface area contributed by atoms with Crippen LogP contribution in [0.2, 0.25) is 0 Å². The molecule has 4 aromatic carbocycles. The molecule has 0 bridgehead atoms. The molecule has 16 nitrogen and oxygen atoms in total. The molecule has 0 saturated heterocycles. The standard InChI is InChI=1S/2C10H8O8S2.2Be/c2*11-8-3-6(19(13,14)15)1-5-2-7(20(16,17)18)4-9(12)10(5)8;;/h2*1-4,11-12H,(H,13,14,15)(H,16,17,18);;/q;;2*+2/p-4. The summed E-state index contributed by atoms with van der Waals surface area (Å²) in [4.78, 5) is -3.27. The van der Waals surface area contributed by atoms with Gasteiger partial charge in [0.15, 0.2) is 0 Å². The van der Waals surface area contributed by atoms with Gasteiger partial charge in [-0.2, -0.15) is 0 Å². The number of hydrogen-bond donors (Lipinski definition) is 4. The normalized spacial score (nSPS) is 12.1. The Morgan fingerprint density at radius 1 is 0.381 bits per heavy atom. The van der Waals surface area contributed by atoms with Crippen molar-refractivity contribution < 1.29 is 72.3 Å². The van der Waals surface area contributed by atoms with Gasteiger partial charge in [-0.15, -0.1) is 0 Å². The van der Waals surface area contributed by atoms with Gasteiger partial charge in [0.05, 0.1) is 30.4 Å². The average molecular weight is 655 g/mol. The van der Waals surface area contributed by atoms with E-state index in [1.54, 1.807) is 0 Å². The molecule has 0 unspecified atom stereocenters. The molecule has 0 heterocycles. The number of phenols is 4. The van der Waals surface area contributed by atoms with Gasteiger partial charge < -0.3 is 38.6 Å². The first-order valence-corrected chi connectivity index (χ1v) is 15.5. The Labute approximate surface area is 244 Å². The van der Waals surface area contributed by atoms with Crippen molar-refractivity contribution in [3.8, 4) is 23.0 Å². The van der Waals surface area contributed by atoms with Crippen LogP contribution in [-0.2, 0) is 40.5 Å². The summed E-state index contributed by atoms with van der Waals surface area (Å²) in [6, 6.07) is 5.51. The predicted octanol–water partition coefficient (Wildman–Crippen LogP) is -0.643. The van der Waals surface area contributed by atoms with Gasteiger partial charge in [0.2, 0.25) is 0 Å². The van der Waals surface area contributed by atoms with E-state index in [-0.39, 0.29) is 41.8 Å². The summed E-state index contributed by atoms with van der Waals surface area (Å²) in [5, 5.41) is 37.3. The molecule has 0 aromatic heterocycles. The minimum Gasteiger partial charge on any atom is -0.744 e. The number of phenolic OH excluding ortho intramolecular Hbond substituents is 4. The van der Waals surface area contributed by atoms with E-state index in [9.17, 15) is 72.3 Å². The van der Waals surface area contributed by atoms with Crippen molar-refractivity contribution >= 4 is 82.3 Å². The van der Waals surface area contributed by atoms with Gasteiger partial charge in [-0.05, 0) is 59.3 Å². The van der Waals surface area contributed by atoms with E-state index in [2.05, 4.69) is 0 Å². The van der Waals surface area contributed by atoms with Crippen LogP contribution in [0.1, 0.15) is 0 Å². The van der Waals surface area contributed by atoms with Crippen LogP contribution in [0, 0.1) is 0 Å². The molecule has 0 fully saturated rings. The summed E-state index contributed by atoms with van der Waals surface area (Å²) in [5.74, 6) is -2.93. The summed E-state index contributed by atoms with van der Waals surface area (Å²) >= 11 is 0. The van der Waals surface area contributed by atoms with Crippen LogP contribution < -0.4 is 0 Å². The van der Waals surface area contributed by atoms with E-state index in [4.69, 9.17) is 0 Å². The second kappa shape index (κ2) is 12.1. The molecule has 4 aromatic rings. The zero-order valence-electron chi connectivity index (χ0n) is 20.4. The maximum Gasteiger partial charge on any atom is 2.00 e. The number of aromatic hydroxyl groups is 4. The van der Waals surface area contributed by atoms with Crippen LogP contribution in [-0.4, -0.2) is 92.6 Å². The fourth-order valence-electron chi connectivity index (χ4n) is 3.41. The molecular weight excluding hydrogens is 642 g/mol. The minimum absolute atomic E-state index is 0. The smallest absolute Gasteiger partial charge is 0.744 e. The molecule has 0 aliphatic heterocycles. The molecule has 0 aliphatic carbocycles. The fraction of sp³-hybridized carbons (Fsp3) is 0. The Hall–Kier alpha value is -3.42. The Balaban J connectivity index is 0.000000401. The van der Waals surface area contributed by atoms with Gasteiger partial charge >= 0.3 is 20.2 Å². The zero-order chi connectivity index (χ0) is 30.6. The van der Waals surface area contributed by atoms with Crippen molar-refractivity contribution in [1.29, 1.82) is 0 Å². The number of fused-ring (bicyclic) bond motifs is 2. The van der Waals surface area contributed by atoms with Crippen LogP contribution in [0.25, 0.3) is 21.5 Å². The molecule has 0 radical (unpaired) electrons. The number of rotatable bonds is 4. The molecule has 0 amide bonds. The molecule has 0 spiro atoms. The molecule has 216 valence electrons. The van der Waals surface area contributed by atoms with Crippen molar-refractivity contribution in [3.05, 3.63) is 48.5 Å². The van der Waals surface area contributed by atoms with Crippen molar-refractivity contribution in [1.82, 2.24) is 0 Å². The van der Waals surface area contributed by atoms with E-state index in [0.717, 1.165) is 24.3 Å². The third kappa shape index (κ3) is 7.90. The number of hydrogen-bond acceptors (Lipinski definition) is 16. The number of benzene rings is 4. The first-order chi connectivity index (χ1) is 18.0. The third-order valence-electron chi connectivity index (χ3n) is 5.06. The Bertz CT molecular complexity index is 1850. The zero-order valence-corrected chi connectivity index (χ0v) is 23.6. The summed E-state index contributed by atoms with van der Waals surface area (Å²) in [6.45, 7) is 0. The van der Waals surface area contributed by atoms with Crippen LogP contribution in [0.15, 0.2) is 68.1 Å². The summed E-state index contributed by atoms with van der Waals surface area (Å²) in [5.41, 5.74) is 0. The molecular formula is C20H12Be2O16S4. The average Bonchev–Trinajstić information content (AvgIpc) is 2.76. The van der Waals surface area contributed by atoms with Gasteiger partial charge in [-0.25, -0.2) is 33.7 Å². The van der Waals surface area contributed by atoms with Crippen molar-refractivity contribution in [2.75, 3.05) is 0 Å². The second-order valence-electron chi connectivity index (χ2n) is 7.78. The van der Waals surface area contributed by atoms with Gasteiger partial charge in [-0.3, -0.25) is 0 Å². The van der Waals surface area contributed by atoms with Crippen LogP contribution in [0.3, 0.4) is 0 Å². The van der Waals surface area contributed by atoms with Crippen molar-refractivity contribution in [3.63, 3.8) is 0 Å². The van der Waals surface area contributed by atoms with Gasteiger partial charge in [0.1, 0.15) is 63.5 Å². The topological polar surface area (TPSA) is 310 Å². The maximum absolute atomic E-state index is 10.9. The van der Waals surface area contributed by atoms with E-state index in [1.807, 2.05) is 0 Å². The third-order valence-corrected chi connectivity index (χ3v) is 8.32. The van der Waals surface area contributed by atoms with E-state index < -0.39 is 83.1 Å². The van der Waals surface area contributed by atoms with Gasteiger partial charge in [0, 0.05) is 0 Å². The molecule has 0 aliphatic rings. The first kappa shape index (κ1) is 36.6. The van der Waals surface area contributed by atoms with Crippen LogP contribution in [0.4, 0.5) is 0 Å². The second-order valence-corrected chi connectivity index (χ2v) is 13.3. The van der Waals surface area contributed by atoms with Gasteiger partial charge in [-0.1, -0.05) is 0 Å². The fourth-order valence-corrected chi connectivity index (χ4v) is 5.52. The molecule has 42 heavy (non-hydrogen) atoms. The summed E-state index contributed by atoms with van der Waals surface area (Å²) in [6.07, 6.45) is 0. The molecule has 0 atom stereocenters. The largest absolute Gasteiger partial charge is 2.00 e. The van der Waals surface area contributed by atoms with Crippen molar-refractivity contribution in [2.45, 2.75) is 19.6 Å². The summed E-state index contributed by atoms with van der Waals surface area (Å²) in [7, 11) is -19.6. The summed E-state index contributed by atoms with van der Waals surface area (Å²) < 4.78 is 131. The molecule has 0 saturated carbocycles. The van der Waals surface area contributed by atoms with Crippen molar-refractivity contribution in [2.24, 2.45) is 0 Å². The van der Waals surface area contributed by atoms with E-state index in [0.29, 0.717) is 24.3 Å². The Morgan fingerprint density at radius 3 is 0.690 bits per heavy atom. The molecule has 22 heteroatoms. The quantitative estimate of drug-likeness (QED) is 0.157. The first-order valence-electron chi connectivity index (χ1n) is 9.83. The van der Waals surface area contributed by atoms with Gasteiger partial charge in [0.25, 0.3) is 0 Å². The Kier molecular flexibility index (Phi) is 10.5. The molecule has 4 rings (SSSR count).